The van der Waals surface area contributed by atoms with E-state index < -0.39 is 0 Å². The number of unbranched alkanes of at least 4 members (excludes halogenated alkanes) is 3. The molecule has 46 valence electrons. The Hall–Kier alpha value is 0.195. The van der Waals surface area contributed by atoms with Gasteiger partial charge in [-0.3, -0.25) is 0 Å². The number of hydrogen-bond donors (Lipinski definition) is 0. The Morgan fingerprint density at radius 3 is 2.56 bits per heavy atom. The van der Waals surface area contributed by atoms with E-state index in [0.717, 1.165) is 6.32 Å². The standard InChI is InChI=1S/C6H13B3/c1-2-3-4-5-6-8-9-7/h2-6H2,1H3. The molecule has 0 fully saturated rings. The number of rotatable bonds is 6. The van der Waals surface area contributed by atoms with E-state index in [1.807, 2.05) is 7.17 Å². The molecule has 0 aromatic rings. The predicted octanol–water partition coefficient (Wildman–Crippen LogP) is 1.39. The highest BCUT2D eigenvalue weighted by Crippen LogP contribution is 2.00. The van der Waals surface area contributed by atoms with E-state index in [-0.39, 0.29) is 0 Å². The van der Waals surface area contributed by atoms with Crippen LogP contribution < -0.4 is 0 Å². The van der Waals surface area contributed by atoms with Gasteiger partial charge in [0.25, 0.3) is 0 Å². The fraction of sp³-hybridized carbons (Fsp3) is 1.00. The third-order valence-corrected chi connectivity index (χ3v) is 1.36. The van der Waals surface area contributed by atoms with Crippen molar-refractivity contribution in [2.24, 2.45) is 0 Å². The second kappa shape index (κ2) is 8.19. The van der Waals surface area contributed by atoms with Crippen molar-refractivity contribution in [2.75, 3.05) is 0 Å². The smallest absolute Gasteiger partial charge is 0.0544 e. The van der Waals surface area contributed by atoms with Gasteiger partial charge in [-0.1, -0.05) is 38.9 Å². The molecule has 0 aliphatic heterocycles. The van der Waals surface area contributed by atoms with Gasteiger partial charge in [0.1, 0.15) is 0 Å². The minimum absolute atomic E-state index is 1.15. The van der Waals surface area contributed by atoms with Crippen LogP contribution in [0.5, 0.6) is 0 Å². The average Bonchev–Trinajstić information content (AvgIpc) is 1.89. The Morgan fingerprint density at radius 2 is 2.00 bits per heavy atom. The van der Waals surface area contributed by atoms with Gasteiger partial charge in [0.15, 0.2) is 0 Å². The van der Waals surface area contributed by atoms with Gasteiger partial charge in [-0.15, -0.1) is 0 Å². The van der Waals surface area contributed by atoms with Gasteiger partial charge in [-0.05, 0) is 0 Å². The highest BCUT2D eigenvalue weighted by molar-refractivity contribution is 7.23. The van der Waals surface area contributed by atoms with Crippen LogP contribution in [0.1, 0.15) is 32.6 Å². The Kier molecular flexibility index (Phi) is 8.37. The van der Waals surface area contributed by atoms with Crippen LogP contribution in [0.4, 0.5) is 0 Å². The van der Waals surface area contributed by atoms with Crippen LogP contribution in [0, 0.1) is 0 Å². The van der Waals surface area contributed by atoms with Crippen molar-refractivity contribution in [1.82, 2.24) is 0 Å². The Bertz CT molecular complexity index is 41.6. The van der Waals surface area contributed by atoms with Crippen molar-refractivity contribution in [1.29, 1.82) is 0 Å². The van der Waals surface area contributed by atoms with Gasteiger partial charge < -0.3 is 0 Å². The van der Waals surface area contributed by atoms with E-state index in [4.69, 9.17) is 7.74 Å². The zero-order valence-electron chi connectivity index (χ0n) is 6.27. The summed E-state index contributed by atoms with van der Waals surface area (Å²) in [7, 11) is 8.82. The van der Waals surface area contributed by atoms with Gasteiger partial charge in [-0.2, -0.15) is 0 Å². The maximum absolute atomic E-state index is 5.16. The van der Waals surface area contributed by atoms with Crippen LogP contribution in [-0.4, -0.2) is 22.0 Å². The molecule has 4 radical (unpaired) electrons. The van der Waals surface area contributed by atoms with E-state index in [2.05, 4.69) is 6.92 Å². The van der Waals surface area contributed by atoms with Crippen LogP contribution >= 0.6 is 0 Å². The van der Waals surface area contributed by atoms with E-state index in [1.165, 1.54) is 25.7 Å². The molecule has 0 aromatic carbocycles. The molecule has 0 nitrogen and oxygen atoms in total. The molecule has 0 atom stereocenters. The van der Waals surface area contributed by atoms with Gasteiger partial charge in [0.2, 0.25) is 0 Å². The molecule has 0 heterocycles. The molecular formula is C6H13B3. The van der Waals surface area contributed by atoms with Crippen molar-refractivity contribution in [3.8, 4) is 0 Å². The molecule has 0 aromatic heterocycles. The zero-order chi connectivity index (χ0) is 6.95. The Balaban J connectivity index is 2.60. The second-order valence-electron chi connectivity index (χ2n) is 2.28. The lowest BCUT2D eigenvalue weighted by atomic mass is 9.27. The molecule has 0 rings (SSSR count). The largest absolute Gasteiger partial charge is 0.0895 e. The van der Waals surface area contributed by atoms with Crippen molar-refractivity contribution < 1.29 is 0 Å². The summed E-state index contributed by atoms with van der Waals surface area (Å²) in [5.74, 6) is 0. The first kappa shape index (κ1) is 9.19. The summed E-state index contributed by atoms with van der Waals surface area (Å²) < 4.78 is 0. The van der Waals surface area contributed by atoms with Gasteiger partial charge >= 0.3 is 0 Å². The van der Waals surface area contributed by atoms with Crippen LogP contribution in [-0.2, 0) is 0 Å². The lowest BCUT2D eigenvalue weighted by Crippen LogP contribution is -2.01. The SMILES string of the molecule is [B][B][B]CCCCCC. The van der Waals surface area contributed by atoms with E-state index in [1.54, 1.807) is 7.06 Å². The van der Waals surface area contributed by atoms with Crippen molar-refractivity contribution in [3.05, 3.63) is 0 Å². The quantitative estimate of drug-likeness (QED) is 0.364. The van der Waals surface area contributed by atoms with Crippen molar-refractivity contribution in [3.63, 3.8) is 0 Å². The average molecular weight is 118 g/mol. The zero-order valence-corrected chi connectivity index (χ0v) is 6.27. The van der Waals surface area contributed by atoms with Crippen molar-refractivity contribution >= 4 is 22.0 Å². The van der Waals surface area contributed by atoms with Crippen LogP contribution in [0.2, 0.25) is 6.32 Å². The van der Waals surface area contributed by atoms with Crippen LogP contribution in [0.25, 0.3) is 0 Å². The van der Waals surface area contributed by atoms with Crippen LogP contribution in [0.15, 0.2) is 0 Å². The molecular weight excluding hydrogens is 105 g/mol. The first-order chi connectivity index (χ1) is 4.41. The Labute approximate surface area is 61.7 Å². The number of hydrogen-bond acceptors (Lipinski definition) is 0. The summed E-state index contributed by atoms with van der Waals surface area (Å²) >= 11 is 0. The maximum Gasteiger partial charge on any atom is 0.0544 e. The summed E-state index contributed by atoms with van der Waals surface area (Å²) in [6.07, 6.45) is 6.46. The topological polar surface area (TPSA) is 0 Å². The third kappa shape index (κ3) is 8.19. The molecule has 0 bridgehead atoms. The van der Waals surface area contributed by atoms with Crippen LogP contribution in [0.3, 0.4) is 0 Å². The predicted molar refractivity (Wildman–Crippen MR) is 46.2 cm³/mol. The molecule has 9 heavy (non-hydrogen) atoms. The molecule has 0 N–H and O–H groups in total. The molecule has 3 heteroatoms. The third-order valence-electron chi connectivity index (χ3n) is 1.36. The Morgan fingerprint density at radius 1 is 1.22 bits per heavy atom. The molecule has 0 unspecified atom stereocenters. The fourth-order valence-corrected chi connectivity index (χ4v) is 0.785. The molecule has 0 aliphatic carbocycles. The minimum atomic E-state index is 1.15. The summed E-state index contributed by atoms with van der Waals surface area (Å²) in [5, 5.41) is 0. The summed E-state index contributed by atoms with van der Waals surface area (Å²) in [6, 6.07) is 0. The molecule has 0 amide bonds. The summed E-state index contributed by atoms with van der Waals surface area (Å²) in [4.78, 5) is 0. The normalized spacial score (nSPS) is 9.00. The highest BCUT2D eigenvalue weighted by Gasteiger charge is 1.87. The molecule has 0 aliphatic rings. The van der Waals surface area contributed by atoms with Crippen molar-refractivity contribution in [2.45, 2.75) is 38.9 Å². The van der Waals surface area contributed by atoms with E-state index in [0.29, 0.717) is 0 Å². The highest BCUT2D eigenvalue weighted by atomic mass is 13.8. The monoisotopic (exact) mass is 118 g/mol. The maximum atomic E-state index is 5.16. The lowest BCUT2D eigenvalue weighted by Gasteiger charge is -1.95. The fourth-order valence-electron chi connectivity index (χ4n) is 0.785. The summed E-state index contributed by atoms with van der Waals surface area (Å²) in [6.45, 7) is 2.22. The van der Waals surface area contributed by atoms with E-state index in [9.17, 15) is 0 Å². The summed E-state index contributed by atoms with van der Waals surface area (Å²) in [5.41, 5.74) is 0. The molecule has 0 spiro atoms. The van der Waals surface area contributed by atoms with Gasteiger partial charge in [0, 0.05) is 14.8 Å². The minimum Gasteiger partial charge on any atom is -0.0895 e. The first-order valence-electron chi connectivity index (χ1n) is 3.78. The lowest BCUT2D eigenvalue weighted by molar-refractivity contribution is 0.701. The molecule has 0 saturated heterocycles. The van der Waals surface area contributed by atoms with E-state index >= 15 is 0 Å². The second-order valence-corrected chi connectivity index (χ2v) is 2.28. The molecule has 0 saturated carbocycles. The van der Waals surface area contributed by atoms with Gasteiger partial charge in [0.05, 0.1) is 7.17 Å². The van der Waals surface area contributed by atoms with Gasteiger partial charge in [-0.25, -0.2) is 0 Å². The first-order valence-corrected chi connectivity index (χ1v) is 3.78.